The van der Waals surface area contributed by atoms with Crippen LogP contribution in [0.2, 0.25) is 0 Å². The second-order valence-electron chi connectivity index (χ2n) is 3.00. The quantitative estimate of drug-likeness (QED) is 0.627. The van der Waals surface area contributed by atoms with E-state index in [2.05, 4.69) is 27.0 Å². The van der Waals surface area contributed by atoms with Crippen molar-refractivity contribution in [2.45, 2.75) is 19.9 Å². The number of rotatable bonds is 2. The lowest BCUT2D eigenvalue weighted by Gasteiger charge is -2.07. The second kappa shape index (κ2) is 4.42. The van der Waals surface area contributed by atoms with Crippen LogP contribution in [0.25, 0.3) is 0 Å². The van der Waals surface area contributed by atoms with E-state index >= 15 is 0 Å². The fourth-order valence-corrected chi connectivity index (χ4v) is 1.56. The molecule has 1 aromatic rings. The van der Waals surface area contributed by atoms with Crippen LogP contribution in [0.3, 0.4) is 0 Å². The van der Waals surface area contributed by atoms with Gasteiger partial charge in [-0.3, -0.25) is 4.99 Å². The lowest BCUT2D eigenvalue weighted by molar-refractivity contribution is 0.816. The summed E-state index contributed by atoms with van der Waals surface area (Å²) in [5.41, 5.74) is 6.67. The molecule has 0 radical (unpaired) electrons. The Morgan fingerprint density at radius 2 is 2.23 bits per heavy atom. The number of hydrogen-bond donors (Lipinski definition) is 1. The zero-order chi connectivity index (χ0) is 9.84. The maximum Gasteiger partial charge on any atom is 0.0913 e. The fraction of sp³-hybridized carbons (Fsp3) is 0.300. The highest BCUT2D eigenvalue weighted by Gasteiger charge is 2.02. The van der Waals surface area contributed by atoms with E-state index in [9.17, 15) is 0 Å². The van der Waals surface area contributed by atoms with Gasteiger partial charge >= 0.3 is 0 Å². The number of amidine groups is 1. The standard InChI is InChI=1S/C10H13BrN2/c1-7(13-8(2)12)9-4-3-5-10(11)6-9/h3-7H,1-2H3,(H2,12,13). The number of nitrogens with two attached hydrogens (primary N) is 1. The molecule has 3 heteroatoms. The first-order valence-electron chi connectivity index (χ1n) is 4.15. The predicted molar refractivity (Wildman–Crippen MR) is 59.9 cm³/mol. The third-order valence-electron chi connectivity index (χ3n) is 1.73. The molecule has 0 heterocycles. The maximum atomic E-state index is 5.51. The molecule has 70 valence electrons. The van der Waals surface area contributed by atoms with Crippen molar-refractivity contribution in [2.24, 2.45) is 10.7 Å². The van der Waals surface area contributed by atoms with Crippen molar-refractivity contribution in [2.75, 3.05) is 0 Å². The second-order valence-corrected chi connectivity index (χ2v) is 3.92. The molecule has 0 amide bonds. The number of aliphatic imine (C=N–C) groups is 1. The van der Waals surface area contributed by atoms with Gasteiger partial charge in [-0.05, 0) is 31.5 Å². The molecule has 1 atom stereocenters. The Balaban J connectivity index is 2.89. The highest BCUT2D eigenvalue weighted by Crippen LogP contribution is 2.20. The van der Waals surface area contributed by atoms with Gasteiger partial charge in [0.05, 0.1) is 11.9 Å². The third-order valence-corrected chi connectivity index (χ3v) is 2.22. The van der Waals surface area contributed by atoms with Crippen LogP contribution < -0.4 is 5.73 Å². The highest BCUT2D eigenvalue weighted by atomic mass is 79.9. The zero-order valence-corrected chi connectivity index (χ0v) is 9.38. The number of hydrogen-bond acceptors (Lipinski definition) is 1. The molecular formula is C10H13BrN2. The molecule has 0 fully saturated rings. The largest absolute Gasteiger partial charge is 0.388 e. The summed E-state index contributed by atoms with van der Waals surface area (Å²) in [6.07, 6.45) is 0. The number of benzene rings is 1. The van der Waals surface area contributed by atoms with Gasteiger partial charge in [-0.1, -0.05) is 28.1 Å². The van der Waals surface area contributed by atoms with E-state index in [0.29, 0.717) is 5.84 Å². The van der Waals surface area contributed by atoms with Crippen LogP contribution in [0.1, 0.15) is 25.5 Å². The first kappa shape index (κ1) is 10.3. The van der Waals surface area contributed by atoms with Gasteiger partial charge in [0.25, 0.3) is 0 Å². The minimum atomic E-state index is 0.127. The smallest absolute Gasteiger partial charge is 0.0913 e. The number of nitrogens with zero attached hydrogens (tertiary/aromatic N) is 1. The van der Waals surface area contributed by atoms with Crippen molar-refractivity contribution in [3.05, 3.63) is 34.3 Å². The molecular weight excluding hydrogens is 228 g/mol. The van der Waals surface area contributed by atoms with E-state index in [0.717, 1.165) is 4.47 Å². The Morgan fingerprint density at radius 1 is 1.54 bits per heavy atom. The molecule has 0 bridgehead atoms. The van der Waals surface area contributed by atoms with E-state index in [1.807, 2.05) is 25.1 Å². The van der Waals surface area contributed by atoms with Crippen LogP contribution >= 0.6 is 15.9 Å². The summed E-state index contributed by atoms with van der Waals surface area (Å²) in [5, 5.41) is 0. The number of halogens is 1. The van der Waals surface area contributed by atoms with Crippen LogP contribution in [0, 0.1) is 0 Å². The van der Waals surface area contributed by atoms with E-state index in [1.54, 1.807) is 6.92 Å². The normalized spacial score (nSPS) is 14.2. The molecule has 0 aliphatic heterocycles. The summed E-state index contributed by atoms with van der Waals surface area (Å²) in [5.74, 6) is 0.618. The molecule has 1 aromatic carbocycles. The van der Waals surface area contributed by atoms with Crippen molar-refractivity contribution in [1.82, 2.24) is 0 Å². The summed E-state index contributed by atoms with van der Waals surface area (Å²) >= 11 is 3.42. The van der Waals surface area contributed by atoms with Crippen molar-refractivity contribution >= 4 is 21.8 Å². The molecule has 1 rings (SSSR count). The lowest BCUT2D eigenvalue weighted by Crippen LogP contribution is -2.07. The maximum absolute atomic E-state index is 5.51. The average molecular weight is 241 g/mol. The van der Waals surface area contributed by atoms with Crippen molar-refractivity contribution in [3.63, 3.8) is 0 Å². The third kappa shape index (κ3) is 3.19. The summed E-state index contributed by atoms with van der Waals surface area (Å²) in [7, 11) is 0. The summed E-state index contributed by atoms with van der Waals surface area (Å²) in [6.45, 7) is 3.83. The van der Waals surface area contributed by atoms with E-state index in [1.165, 1.54) is 5.56 Å². The minimum absolute atomic E-state index is 0.127. The Morgan fingerprint density at radius 3 is 2.77 bits per heavy atom. The Kier molecular flexibility index (Phi) is 3.48. The molecule has 1 unspecified atom stereocenters. The molecule has 2 N–H and O–H groups in total. The van der Waals surface area contributed by atoms with Gasteiger partial charge in [-0.25, -0.2) is 0 Å². The topological polar surface area (TPSA) is 38.4 Å². The van der Waals surface area contributed by atoms with E-state index in [4.69, 9.17) is 5.73 Å². The van der Waals surface area contributed by atoms with E-state index < -0.39 is 0 Å². The molecule has 0 aromatic heterocycles. The molecule has 13 heavy (non-hydrogen) atoms. The van der Waals surface area contributed by atoms with Crippen LogP contribution in [0.5, 0.6) is 0 Å². The molecule has 0 spiro atoms. The van der Waals surface area contributed by atoms with Gasteiger partial charge in [0.15, 0.2) is 0 Å². The molecule has 0 aliphatic carbocycles. The average Bonchev–Trinajstić information content (AvgIpc) is 2.03. The van der Waals surface area contributed by atoms with Crippen molar-refractivity contribution in [1.29, 1.82) is 0 Å². The summed E-state index contributed by atoms with van der Waals surface area (Å²) in [6, 6.07) is 8.22. The first-order chi connectivity index (χ1) is 6.09. The van der Waals surface area contributed by atoms with Crippen molar-refractivity contribution < 1.29 is 0 Å². The van der Waals surface area contributed by atoms with Gasteiger partial charge in [-0.2, -0.15) is 0 Å². The molecule has 0 saturated heterocycles. The summed E-state index contributed by atoms with van der Waals surface area (Å²) < 4.78 is 1.07. The van der Waals surface area contributed by atoms with Gasteiger partial charge in [-0.15, -0.1) is 0 Å². The molecule has 0 saturated carbocycles. The van der Waals surface area contributed by atoms with E-state index in [-0.39, 0.29) is 6.04 Å². The Labute approximate surface area is 87.0 Å². The van der Waals surface area contributed by atoms with Gasteiger partial charge in [0.1, 0.15) is 0 Å². The Bertz CT molecular complexity index is 316. The minimum Gasteiger partial charge on any atom is -0.388 e. The van der Waals surface area contributed by atoms with Crippen LogP contribution in [-0.4, -0.2) is 5.84 Å². The van der Waals surface area contributed by atoms with Gasteiger partial charge < -0.3 is 5.73 Å². The summed E-state index contributed by atoms with van der Waals surface area (Å²) in [4.78, 5) is 4.26. The lowest BCUT2D eigenvalue weighted by atomic mass is 10.1. The SMILES string of the molecule is CC(N)=NC(C)c1cccc(Br)c1. The monoisotopic (exact) mass is 240 g/mol. The first-order valence-corrected chi connectivity index (χ1v) is 4.94. The van der Waals surface area contributed by atoms with Crippen LogP contribution in [-0.2, 0) is 0 Å². The zero-order valence-electron chi connectivity index (χ0n) is 7.79. The predicted octanol–water partition coefficient (Wildman–Crippen LogP) is 2.89. The molecule has 2 nitrogen and oxygen atoms in total. The van der Waals surface area contributed by atoms with Gasteiger partial charge in [0.2, 0.25) is 0 Å². The van der Waals surface area contributed by atoms with Crippen LogP contribution in [0.15, 0.2) is 33.7 Å². The highest BCUT2D eigenvalue weighted by molar-refractivity contribution is 9.10. The van der Waals surface area contributed by atoms with Crippen molar-refractivity contribution in [3.8, 4) is 0 Å². The van der Waals surface area contributed by atoms with Gasteiger partial charge in [0, 0.05) is 4.47 Å². The van der Waals surface area contributed by atoms with Crippen LogP contribution in [0.4, 0.5) is 0 Å². The Hall–Kier alpha value is -0.830. The fourth-order valence-electron chi connectivity index (χ4n) is 1.15. The molecule has 0 aliphatic rings.